The quantitative estimate of drug-likeness (QED) is 0.798. The predicted molar refractivity (Wildman–Crippen MR) is 96.4 cm³/mol. The molecule has 1 unspecified atom stereocenters. The molecule has 0 radical (unpaired) electrons. The lowest BCUT2D eigenvalue weighted by Crippen LogP contribution is -2.37. The first-order valence-electron chi connectivity index (χ1n) is 8.60. The lowest BCUT2D eigenvalue weighted by atomic mass is 10.1. The smallest absolute Gasteiger partial charge is 0.229 e. The summed E-state index contributed by atoms with van der Waals surface area (Å²) >= 11 is 12.2. The molecule has 2 fully saturated rings. The number of amides is 2. The monoisotopic (exact) mass is 368 g/mol. The molecular weight excluding hydrogens is 347 g/mol. The Kier molecular flexibility index (Phi) is 5.67. The molecule has 3 rings (SSSR count). The number of benzene rings is 1. The van der Waals surface area contributed by atoms with Crippen molar-refractivity contribution in [2.75, 3.05) is 11.9 Å². The minimum Gasteiger partial charge on any atom is -0.339 e. The highest BCUT2D eigenvalue weighted by atomic mass is 35.5. The molecule has 1 N–H and O–H groups in total. The van der Waals surface area contributed by atoms with Crippen LogP contribution in [0.5, 0.6) is 0 Å². The summed E-state index contributed by atoms with van der Waals surface area (Å²) in [6.45, 7) is 0.497. The van der Waals surface area contributed by atoms with Gasteiger partial charge in [-0.2, -0.15) is 0 Å². The summed E-state index contributed by atoms with van der Waals surface area (Å²) in [7, 11) is 0. The summed E-state index contributed by atoms with van der Waals surface area (Å²) in [4.78, 5) is 26.9. The van der Waals surface area contributed by atoms with E-state index in [4.69, 9.17) is 23.2 Å². The Labute approximate surface area is 152 Å². The molecule has 1 aromatic carbocycles. The molecule has 24 heavy (non-hydrogen) atoms. The number of rotatable bonds is 3. The highest BCUT2D eigenvalue weighted by molar-refractivity contribution is 6.39. The zero-order valence-electron chi connectivity index (χ0n) is 13.6. The van der Waals surface area contributed by atoms with Crippen LogP contribution >= 0.6 is 23.2 Å². The van der Waals surface area contributed by atoms with Gasteiger partial charge >= 0.3 is 0 Å². The predicted octanol–water partition coefficient (Wildman–Crippen LogP) is 4.50. The normalized spacial score (nSPS) is 22.5. The van der Waals surface area contributed by atoms with E-state index < -0.39 is 0 Å². The Morgan fingerprint density at radius 1 is 1.08 bits per heavy atom. The lowest BCUT2D eigenvalue weighted by Gasteiger charge is -2.27. The van der Waals surface area contributed by atoms with Gasteiger partial charge in [0.05, 0.1) is 21.7 Å². The molecule has 1 heterocycles. The van der Waals surface area contributed by atoms with E-state index in [-0.39, 0.29) is 24.2 Å². The third-order valence-electron chi connectivity index (χ3n) is 5.01. The van der Waals surface area contributed by atoms with Crippen LogP contribution in [0, 0.1) is 5.92 Å². The average Bonchev–Trinajstić information content (AvgIpc) is 2.77. The summed E-state index contributed by atoms with van der Waals surface area (Å²) < 4.78 is 0. The molecule has 1 saturated heterocycles. The molecule has 1 saturated carbocycles. The summed E-state index contributed by atoms with van der Waals surface area (Å²) in [6, 6.07) is 5.39. The number of nitrogens with zero attached hydrogens (tertiary/aromatic N) is 1. The SMILES string of the molecule is O=C(Nc1c(Cl)cccc1Cl)C1CC(=O)N(C2CCCCCC2)C1. The van der Waals surface area contributed by atoms with Gasteiger partial charge in [-0.05, 0) is 25.0 Å². The minimum atomic E-state index is -0.340. The Hall–Kier alpha value is -1.26. The van der Waals surface area contributed by atoms with Gasteiger partial charge in [0, 0.05) is 19.0 Å². The van der Waals surface area contributed by atoms with E-state index >= 15 is 0 Å². The first kappa shape index (κ1) is 17.6. The maximum absolute atomic E-state index is 12.6. The lowest BCUT2D eigenvalue weighted by molar-refractivity contribution is -0.130. The van der Waals surface area contributed by atoms with Crippen molar-refractivity contribution >= 4 is 40.7 Å². The largest absolute Gasteiger partial charge is 0.339 e. The number of hydrogen-bond donors (Lipinski definition) is 1. The molecule has 4 nitrogen and oxygen atoms in total. The van der Waals surface area contributed by atoms with E-state index in [0.29, 0.717) is 28.3 Å². The number of anilines is 1. The Morgan fingerprint density at radius 2 is 1.71 bits per heavy atom. The molecule has 130 valence electrons. The second-order valence-electron chi connectivity index (χ2n) is 6.68. The van der Waals surface area contributed by atoms with Crippen molar-refractivity contribution in [1.29, 1.82) is 0 Å². The van der Waals surface area contributed by atoms with Gasteiger partial charge in [-0.1, -0.05) is 55.0 Å². The van der Waals surface area contributed by atoms with Gasteiger partial charge in [-0.25, -0.2) is 0 Å². The van der Waals surface area contributed by atoms with Gasteiger partial charge in [-0.15, -0.1) is 0 Å². The second kappa shape index (κ2) is 7.75. The number of carbonyl (C=O) groups excluding carboxylic acids is 2. The molecule has 1 aromatic rings. The fourth-order valence-corrected chi connectivity index (χ4v) is 4.16. The summed E-state index contributed by atoms with van der Waals surface area (Å²) in [5, 5.41) is 3.60. The standard InChI is InChI=1S/C18H22Cl2N2O2/c19-14-8-5-9-15(20)17(14)21-18(24)12-10-16(23)22(11-12)13-6-3-1-2-4-7-13/h5,8-9,12-13H,1-4,6-7,10-11H2,(H,21,24). The molecule has 0 aromatic heterocycles. The molecule has 6 heteroatoms. The third kappa shape index (κ3) is 3.86. The van der Waals surface area contributed by atoms with E-state index in [0.717, 1.165) is 12.8 Å². The molecule has 1 atom stereocenters. The Morgan fingerprint density at radius 3 is 2.33 bits per heavy atom. The molecule has 1 aliphatic heterocycles. The van der Waals surface area contributed by atoms with Crippen LogP contribution in [0.2, 0.25) is 10.0 Å². The topological polar surface area (TPSA) is 49.4 Å². The fourth-order valence-electron chi connectivity index (χ4n) is 3.67. The molecule has 0 spiro atoms. The number of para-hydroxylation sites is 1. The van der Waals surface area contributed by atoms with Gasteiger partial charge in [-0.3, -0.25) is 9.59 Å². The molecule has 1 aliphatic carbocycles. The van der Waals surface area contributed by atoms with E-state index in [1.807, 2.05) is 4.90 Å². The molecule has 2 amide bonds. The van der Waals surface area contributed by atoms with Crippen LogP contribution in [0.3, 0.4) is 0 Å². The van der Waals surface area contributed by atoms with Crippen molar-refractivity contribution < 1.29 is 9.59 Å². The van der Waals surface area contributed by atoms with Crippen molar-refractivity contribution in [1.82, 2.24) is 4.90 Å². The zero-order chi connectivity index (χ0) is 17.1. The van der Waals surface area contributed by atoms with Crippen LogP contribution < -0.4 is 5.32 Å². The van der Waals surface area contributed by atoms with Crippen LogP contribution in [0.1, 0.15) is 44.9 Å². The first-order valence-corrected chi connectivity index (χ1v) is 9.36. The van der Waals surface area contributed by atoms with Crippen LogP contribution in [-0.4, -0.2) is 29.3 Å². The van der Waals surface area contributed by atoms with Crippen molar-refractivity contribution in [2.45, 2.75) is 51.0 Å². The van der Waals surface area contributed by atoms with Crippen LogP contribution in [0.4, 0.5) is 5.69 Å². The minimum absolute atomic E-state index is 0.0901. The summed E-state index contributed by atoms with van der Waals surface area (Å²) in [6.07, 6.45) is 7.19. The molecular formula is C18H22Cl2N2O2. The van der Waals surface area contributed by atoms with Crippen molar-refractivity contribution in [3.05, 3.63) is 28.2 Å². The van der Waals surface area contributed by atoms with Gasteiger partial charge in [0.15, 0.2) is 0 Å². The van der Waals surface area contributed by atoms with Gasteiger partial charge < -0.3 is 10.2 Å². The average molecular weight is 369 g/mol. The van der Waals surface area contributed by atoms with Crippen molar-refractivity contribution in [3.8, 4) is 0 Å². The number of carbonyl (C=O) groups is 2. The van der Waals surface area contributed by atoms with E-state index in [2.05, 4.69) is 5.32 Å². The van der Waals surface area contributed by atoms with E-state index in [1.165, 1.54) is 25.7 Å². The van der Waals surface area contributed by atoms with E-state index in [9.17, 15) is 9.59 Å². The number of halogens is 2. The highest BCUT2D eigenvalue weighted by Gasteiger charge is 2.38. The first-order chi connectivity index (χ1) is 11.6. The number of hydrogen-bond acceptors (Lipinski definition) is 2. The number of likely N-dealkylation sites (tertiary alicyclic amines) is 1. The Balaban J connectivity index is 1.65. The van der Waals surface area contributed by atoms with E-state index in [1.54, 1.807) is 18.2 Å². The number of nitrogens with one attached hydrogen (secondary N) is 1. The highest BCUT2D eigenvalue weighted by Crippen LogP contribution is 2.32. The second-order valence-corrected chi connectivity index (χ2v) is 7.49. The van der Waals surface area contributed by atoms with Crippen LogP contribution in [-0.2, 0) is 9.59 Å². The van der Waals surface area contributed by atoms with Crippen molar-refractivity contribution in [3.63, 3.8) is 0 Å². The third-order valence-corrected chi connectivity index (χ3v) is 5.64. The maximum Gasteiger partial charge on any atom is 0.229 e. The maximum atomic E-state index is 12.6. The summed E-state index contributed by atoms with van der Waals surface area (Å²) in [5.74, 6) is -0.435. The summed E-state index contributed by atoms with van der Waals surface area (Å²) in [5.41, 5.74) is 0.422. The molecule has 2 aliphatic rings. The molecule has 0 bridgehead atoms. The zero-order valence-corrected chi connectivity index (χ0v) is 15.1. The van der Waals surface area contributed by atoms with Crippen LogP contribution in [0.25, 0.3) is 0 Å². The Bertz CT molecular complexity index is 607. The van der Waals surface area contributed by atoms with Crippen molar-refractivity contribution in [2.24, 2.45) is 5.92 Å². The van der Waals surface area contributed by atoms with Gasteiger partial charge in [0.25, 0.3) is 0 Å². The van der Waals surface area contributed by atoms with Gasteiger partial charge in [0.1, 0.15) is 0 Å². The van der Waals surface area contributed by atoms with Gasteiger partial charge in [0.2, 0.25) is 11.8 Å². The van der Waals surface area contributed by atoms with Crippen LogP contribution in [0.15, 0.2) is 18.2 Å². The fraction of sp³-hybridized carbons (Fsp3) is 0.556.